The van der Waals surface area contributed by atoms with Crippen molar-refractivity contribution >= 4 is 16.1 Å². The Labute approximate surface area is 135 Å². The number of rotatable bonds is 4. The number of hydrogen-bond acceptors (Lipinski definition) is 4. The van der Waals surface area contributed by atoms with Gasteiger partial charge in [-0.1, -0.05) is 12.1 Å². The third kappa shape index (κ3) is 4.90. The first-order valence-electron chi connectivity index (χ1n) is 7.56. The number of benzene rings is 1. The van der Waals surface area contributed by atoms with Gasteiger partial charge in [0.15, 0.2) is 0 Å². The molecule has 1 saturated heterocycles. The van der Waals surface area contributed by atoms with E-state index in [1.54, 1.807) is 6.92 Å². The highest BCUT2D eigenvalue weighted by Crippen LogP contribution is 2.15. The van der Waals surface area contributed by atoms with E-state index in [0.717, 1.165) is 0 Å². The van der Waals surface area contributed by atoms with Gasteiger partial charge in [-0.25, -0.2) is 17.6 Å². The smallest absolute Gasteiger partial charge is 0.409 e. The summed E-state index contributed by atoms with van der Waals surface area (Å²) in [5, 5.41) is 0. The molecule has 1 aliphatic heterocycles. The molecule has 0 unspecified atom stereocenters. The summed E-state index contributed by atoms with van der Waals surface area (Å²) in [5.41, 5.74) is 0.540. The van der Waals surface area contributed by atoms with E-state index in [-0.39, 0.29) is 12.3 Å². The third-order valence-electron chi connectivity index (χ3n) is 3.64. The molecule has 1 aromatic carbocycles. The first-order valence-corrected chi connectivity index (χ1v) is 9.17. The standard InChI is InChI=1S/C15H21FN2O4S/c1-2-22-15(19)17-8-3-9-18(11-10-17)23(20,21)12-13-4-6-14(16)7-5-13/h4-7H,2-3,8-12H2,1H3. The molecule has 0 bridgehead atoms. The van der Waals surface area contributed by atoms with Crippen LogP contribution in [0.3, 0.4) is 0 Å². The fourth-order valence-corrected chi connectivity index (χ4v) is 4.02. The number of amides is 1. The summed E-state index contributed by atoms with van der Waals surface area (Å²) in [6.45, 7) is 3.40. The lowest BCUT2D eigenvalue weighted by Gasteiger charge is -2.21. The zero-order valence-electron chi connectivity index (χ0n) is 13.1. The second kappa shape index (κ2) is 7.74. The monoisotopic (exact) mass is 344 g/mol. The van der Waals surface area contributed by atoms with Gasteiger partial charge in [0.2, 0.25) is 10.0 Å². The van der Waals surface area contributed by atoms with Crippen LogP contribution < -0.4 is 0 Å². The first-order chi connectivity index (χ1) is 10.9. The van der Waals surface area contributed by atoms with Gasteiger partial charge in [0.1, 0.15) is 5.82 Å². The van der Waals surface area contributed by atoms with Gasteiger partial charge in [-0.3, -0.25) is 0 Å². The van der Waals surface area contributed by atoms with Gasteiger partial charge in [0.05, 0.1) is 12.4 Å². The summed E-state index contributed by atoms with van der Waals surface area (Å²) < 4.78 is 44.2. The van der Waals surface area contributed by atoms with E-state index in [9.17, 15) is 17.6 Å². The van der Waals surface area contributed by atoms with Crippen molar-refractivity contribution < 1.29 is 22.3 Å². The van der Waals surface area contributed by atoms with Gasteiger partial charge in [-0.15, -0.1) is 0 Å². The second-order valence-electron chi connectivity index (χ2n) is 5.32. The van der Waals surface area contributed by atoms with Crippen molar-refractivity contribution in [1.82, 2.24) is 9.21 Å². The number of carbonyl (C=O) groups is 1. The molecule has 1 amide bonds. The topological polar surface area (TPSA) is 66.9 Å². The number of nitrogens with zero attached hydrogens (tertiary/aromatic N) is 2. The fourth-order valence-electron chi connectivity index (χ4n) is 2.45. The summed E-state index contributed by atoms with van der Waals surface area (Å²) in [6, 6.07) is 5.43. The minimum atomic E-state index is -3.50. The van der Waals surface area contributed by atoms with Crippen molar-refractivity contribution in [3.63, 3.8) is 0 Å². The summed E-state index contributed by atoms with van der Waals surface area (Å²) in [7, 11) is -3.50. The Bertz CT molecular complexity index is 633. The number of ether oxygens (including phenoxy) is 1. The van der Waals surface area contributed by atoms with Gasteiger partial charge in [-0.05, 0) is 31.0 Å². The van der Waals surface area contributed by atoms with Crippen molar-refractivity contribution in [2.45, 2.75) is 19.1 Å². The molecule has 0 atom stereocenters. The van der Waals surface area contributed by atoms with E-state index in [1.807, 2.05) is 0 Å². The van der Waals surface area contributed by atoms with E-state index < -0.39 is 21.9 Å². The lowest BCUT2D eigenvalue weighted by Crippen LogP contribution is -2.38. The molecule has 1 aromatic rings. The largest absolute Gasteiger partial charge is 0.450 e. The van der Waals surface area contributed by atoms with Crippen LogP contribution in [-0.2, 0) is 20.5 Å². The van der Waals surface area contributed by atoms with Crippen molar-refractivity contribution in [2.24, 2.45) is 0 Å². The summed E-state index contributed by atoms with van der Waals surface area (Å²) >= 11 is 0. The molecule has 0 spiro atoms. The molecule has 128 valence electrons. The van der Waals surface area contributed by atoms with Gasteiger partial charge < -0.3 is 9.64 Å². The molecule has 0 N–H and O–H groups in total. The predicted octanol–water partition coefficient (Wildman–Crippen LogP) is 1.82. The Morgan fingerprint density at radius 2 is 1.87 bits per heavy atom. The van der Waals surface area contributed by atoms with E-state index in [2.05, 4.69) is 0 Å². The zero-order valence-corrected chi connectivity index (χ0v) is 13.9. The molecule has 1 aliphatic rings. The van der Waals surface area contributed by atoms with Crippen molar-refractivity contribution in [1.29, 1.82) is 0 Å². The fraction of sp³-hybridized carbons (Fsp3) is 0.533. The maximum absolute atomic E-state index is 12.9. The zero-order chi connectivity index (χ0) is 16.9. The minimum absolute atomic E-state index is 0.174. The van der Waals surface area contributed by atoms with Gasteiger partial charge in [-0.2, -0.15) is 4.31 Å². The van der Waals surface area contributed by atoms with Gasteiger partial charge in [0.25, 0.3) is 0 Å². The molecule has 6 nitrogen and oxygen atoms in total. The van der Waals surface area contributed by atoms with Crippen LogP contribution >= 0.6 is 0 Å². The van der Waals surface area contributed by atoms with Crippen LogP contribution in [0.4, 0.5) is 9.18 Å². The van der Waals surface area contributed by atoms with Crippen molar-refractivity contribution in [3.05, 3.63) is 35.6 Å². The van der Waals surface area contributed by atoms with Crippen LogP contribution in [0.1, 0.15) is 18.9 Å². The SMILES string of the molecule is CCOC(=O)N1CCCN(S(=O)(=O)Cc2ccc(F)cc2)CC1. The van der Waals surface area contributed by atoms with Crippen LogP contribution in [0, 0.1) is 5.82 Å². The molecule has 0 aliphatic carbocycles. The molecule has 0 radical (unpaired) electrons. The molecule has 0 aromatic heterocycles. The van der Waals surface area contributed by atoms with Crippen molar-refractivity contribution in [3.8, 4) is 0 Å². The Kier molecular flexibility index (Phi) is 5.95. The second-order valence-corrected chi connectivity index (χ2v) is 7.29. The number of sulfonamides is 1. The summed E-state index contributed by atoms with van der Waals surface area (Å²) in [6.07, 6.45) is 0.145. The van der Waals surface area contributed by atoms with E-state index in [1.165, 1.54) is 33.5 Å². The Balaban J connectivity index is 2.00. The lowest BCUT2D eigenvalue weighted by atomic mass is 10.2. The number of halogens is 1. The average Bonchev–Trinajstić information content (AvgIpc) is 2.76. The Morgan fingerprint density at radius 1 is 1.17 bits per heavy atom. The summed E-state index contributed by atoms with van der Waals surface area (Å²) in [5.74, 6) is -0.571. The number of carbonyl (C=O) groups excluding carboxylic acids is 1. The van der Waals surface area contributed by atoms with Crippen LogP contribution in [0.2, 0.25) is 0 Å². The molecule has 8 heteroatoms. The van der Waals surface area contributed by atoms with E-state index in [4.69, 9.17) is 4.74 Å². The molecule has 1 heterocycles. The Hall–Kier alpha value is -1.67. The molecule has 0 saturated carbocycles. The van der Waals surface area contributed by atoms with E-state index in [0.29, 0.717) is 38.2 Å². The normalized spacial score (nSPS) is 16.9. The third-order valence-corrected chi connectivity index (χ3v) is 5.49. The van der Waals surface area contributed by atoms with Crippen LogP contribution in [0.5, 0.6) is 0 Å². The highest BCUT2D eigenvalue weighted by molar-refractivity contribution is 7.88. The molecular formula is C15H21FN2O4S. The molecule has 2 rings (SSSR count). The lowest BCUT2D eigenvalue weighted by molar-refractivity contribution is 0.109. The summed E-state index contributed by atoms with van der Waals surface area (Å²) in [4.78, 5) is 13.3. The van der Waals surface area contributed by atoms with Crippen LogP contribution in [0.25, 0.3) is 0 Å². The maximum atomic E-state index is 12.9. The highest BCUT2D eigenvalue weighted by atomic mass is 32.2. The van der Waals surface area contributed by atoms with Crippen LogP contribution in [0.15, 0.2) is 24.3 Å². The quantitative estimate of drug-likeness (QED) is 0.836. The molecular weight excluding hydrogens is 323 g/mol. The van der Waals surface area contributed by atoms with Crippen molar-refractivity contribution in [2.75, 3.05) is 32.8 Å². The van der Waals surface area contributed by atoms with Crippen LogP contribution in [-0.4, -0.2) is 56.5 Å². The van der Waals surface area contributed by atoms with Gasteiger partial charge in [0, 0.05) is 26.2 Å². The minimum Gasteiger partial charge on any atom is -0.450 e. The molecule has 23 heavy (non-hydrogen) atoms. The Morgan fingerprint density at radius 3 is 2.52 bits per heavy atom. The van der Waals surface area contributed by atoms with Gasteiger partial charge >= 0.3 is 6.09 Å². The predicted molar refractivity (Wildman–Crippen MR) is 83.8 cm³/mol. The average molecular weight is 344 g/mol. The first kappa shape index (κ1) is 17.7. The maximum Gasteiger partial charge on any atom is 0.409 e. The number of hydrogen-bond donors (Lipinski definition) is 0. The highest BCUT2D eigenvalue weighted by Gasteiger charge is 2.27. The molecule has 1 fully saturated rings. The van der Waals surface area contributed by atoms with E-state index >= 15 is 0 Å².